The second-order valence-electron chi connectivity index (χ2n) is 5.36. The van der Waals surface area contributed by atoms with Crippen molar-refractivity contribution in [1.82, 2.24) is 19.6 Å². The van der Waals surface area contributed by atoms with Crippen LogP contribution in [-0.4, -0.2) is 48.7 Å². The van der Waals surface area contributed by atoms with E-state index in [0.717, 1.165) is 16.9 Å². The van der Waals surface area contributed by atoms with Gasteiger partial charge in [0.2, 0.25) is 10.0 Å². The van der Waals surface area contributed by atoms with E-state index in [1.54, 1.807) is 13.0 Å². The molecule has 1 atom stereocenters. The fourth-order valence-electron chi connectivity index (χ4n) is 2.01. The molecule has 0 radical (unpaired) electrons. The Hall–Kier alpha value is -1.15. The van der Waals surface area contributed by atoms with Gasteiger partial charge in [0.25, 0.3) is 0 Å². The highest BCUT2D eigenvalue weighted by Crippen LogP contribution is 2.17. The Balaban J connectivity index is 1.99. The zero-order valence-electron chi connectivity index (χ0n) is 12.9. The number of likely N-dealkylation sites (N-methyl/N-ethyl adjacent to an activating group) is 1. The number of H-pyrrole nitrogens is 1. The maximum atomic E-state index is 11.5. The van der Waals surface area contributed by atoms with Crippen LogP contribution in [0, 0.1) is 0 Å². The zero-order chi connectivity index (χ0) is 16.3. The number of sulfonamides is 1. The summed E-state index contributed by atoms with van der Waals surface area (Å²) in [7, 11) is -1.23. The van der Waals surface area contributed by atoms with Gasteiger partial charge in [-0.1, -0.05) is 11.6 Å². The Morgan fingerprint density at radius 2 is 2.18 bits per heavy atom. The van der Waals surface area contributed by atoms with Crippen molar-refractivity contribution in [3.8, 4) is 0 Å². The number of imidazole rings is 1. The molecule has 1 aromatic carbocycles. The molecule has 0 amide bonds. The lowest BCUT2D eigenvalue weighted by molar-refractivity contribution is 0.245. The number of hydrogen-bond acceptors (Lipinski definition) is 4. The Morgan fingerprint density at radius 3 is 2.86 bits per heavy atom. The lowest BCUT2D eigenvalue weighted by atomic mass is 10.3. The standard InChI is InChI=1S/C14H21ClN4O2S/c1-4-22(20,21)16-8-10(2)19(3)9-14-17-12-6-5-11(15)7-13(12)18-14/h5-7,10,16H,4,8-9H2,1-3H3,(H,17,18)/t10-/m1/s1. The van der Waals surface area contributed by atoms with Crippen LogP contribution in [0.15, 0.2) is 18.2 Å². The summed E-state index contributed by atoms with van der Waals surface area (Å²) < 4.78 is 25.5. The minimum Gasteiger partial charge on any atom is -0.341 e. The topological polar surface area (TPSA) is 78.1 Å². The Kier molecular flexibility index (Phi) is 5.44. The first-order valence-electron chi connectivity index (χ1n) is 7.12. The number of rotatable bonds is 7. The van der Waals surface area contributed by atoms with E-state index in [2.05, 4.69) is 14.7 Å². The number of halogens is 1. The molecule has 22 heavy (non-hydrogen) atoms. The highest BCUT2D eigenvalue weighted by Gasteiger charge is 2.15. The van der Waals surface area contributed by atoms with Crippen LogP contribution in [0.3, 0.4) is 0 Å². The van der Waals surface area contributed by atoms with Gasteiger partial charge in [0.15, 0.2) is 0 Å². The highest BCUT2D eigenvalue weighted by molar-refractivity contribution is 7.89. The number of hydrogen-bond donors (Lipinski definition) is 2. The van der Waals surface area contributed by atoms with Crippen molar-refractivity contribution in [1.29, 1.82) is 0 Å². The third-order valence-electron chi connectivity index (χ3n) is 3.62. The predicted molar refractivity (Wildman–Crippen MR) is 89.5 cm³/mol. The molecule has 1 aromatic heterocycles. The van der Waals surface area contributed by atoms with Crippen molar-refractivity contribution in [3.63, 3.8) is 0 Å². The normalized spacial score (nSPS) is 13.9. The first kappa shape index (κ1) is 17.2. The van der Waals surface area contributed by atoms with Crippen LogP contribution >= 0.6 is 11.6 Å². The number of fused-ring (bicyclic) bond motifs is 1. The minimum absolute atomic E-state index is 0.0538. The van der Waals surface area contributed by atoms with Crippen LogP contribution in [0.2, 0.25) is 5.02 Å². The largest absolute Gasteiger partial charge is 0.341 e. The van der Waals surface area contributed by atoms with Crippen molar-refractivity contribution >= 4 is 32.7 Å². The average molecular weight is 345 g/mol. The highest BCUT2D eigenvalue weighted by atomic mass is 35.5. The van der Waals surface area contributed by atoms with E-state index in [1.165, 1.54) is 0 Å². The molecule has 0 spiro atoms. The van der Waals surface area contributed by atoms with Gasteiger partial charge in [0, 0.05) is 17.6 Å². The molecule has 2 aromatic rings. The lowest BCUT2D eigenvalue weighted by Crippen LogP contribution is -2.40. The number of benzene rings is 1. The second kappa shape index (κ2) is 6.95. The number of aromatic amines is 1. The molecule has 0 aliphatic carbocycles. The van der Waals surface area contributed by atoms with Crippen molar-refractivity contribution in [2.24, 2.45) is 0 Å². The number of aromatic nitrogens is 2. The second-order valence-corrected chi connectivity index (χ2v) is 7.89. The third-order valence-corrected chi connectivity index (χ3v) is 5.22. The zero-order valence-corrected chi connectivity index (χ0v) is 14.5. The Morgan fingerprint density at radius 1 is 1.45 bits per heavy atom. The van der Waals surface area contributed by atoms with Gasteiger partial charge < -0.3 is 4.98 Å². The van der Waals surface area contributed by atoms with Gasteiger partial charge in [-0.25, -0.2) is 18.1 Å². The maximum absolute atomic E-state index is 11.5. The Bertz CT molecular complexity index is 744. The molecule has 0 saturated carbocycles. The summed E-state index contributed by atoms with van der Waals surface area (Å²) in [6.07, 6.45) is 0. The van der Waals surface area contributed by atoms with Crippen LogP contribution in [0.25, 0.3) is 11.0 Å². The van der Waals surface area contributed by atoms with Gasteiger partial charge in [-0.15, -0.1) is 0 Å². The van der Waals surface area contributed by atoms with E-state index in [4.69, 9.17) is 11.6 Å². The summed E-state index contributed by atoms with van der Waals surface area (Å²) in [5.41, 5.74) is 1.77. The van der Waals surface area contributed by atoms with Crippen LogP contribution in [0.4, 0.5) is 0 Å². The van der Waals surface area contributed by atoms with E-state index >= 15 is 0 Å². The van der Waals surface area contributed by atoms with Gasteiger partial charge in [0.05, 0.1) is 23.3 Å². The molecule has 0 aliphatic heterocycles. The molecule has 2 N–H and O–H groups in total. The molecule has 6 nitrogen and oxygen atoms in total. The van der Waals surface area contributed by atoms with Gasteiger partial charge in [-0.2, -0.15) is 0 Å². The molecule has 0 fully saturated rings. The molecule has 0 aliphatic rings. The summed E-state index contributed by atoms with van der Waals surface area (Å²) in [5, 5.41) is 0.665. The maximum Gasteiger partial charge on any atom is 0.211 e. The van der Waals surface area contributed by atoms with Gasteiger partial charge in [-0.05, 0) is 39.1 Å². The van der Waals surface area contributed by atoms with Gasteiger partial charge in [-0.3, -0.25) is 4.90 Å². The smallest absolute Gasteiger partial charge is 0.211 e. The lowest BCUT2D eigenvalue weighted by Gasteiger charge is -2.23. The summed E-state index contributed by atoms with van der Waals surface area (Å²) in [6, 6.07) is 5.57. The van der Waals surface area contributed by atoms with Crippen molar-refractivity contribution in [2.75, 3.05) is 19.3 Å². The van der Waals surface area contributed by atoms with E-state index in [0.29, 0.717) is 18.1 Å². The third kappa shape index (κ3) is 4.42. The van der Waals surface area contributed by atoms with Gasteiger partial charge >= 0.3 is 0 Å². The molecule has 1 heterocycles. The first-order valence-corrected chi connectivity index (χ1v) is 9.15. The summed E-state index contributed by atoms with van der Waals surface area (Å²) >= 11 is 5.96. The summed E-state index contributed by atoms with van der Waals surface area (Å²) in [4.78, 5) is 9.78. The number of nitrogens with zero attached hydrogens (tertiary/aromatic N) is 2. The molecular weight excluding hydrogens is 324 g/mol. The van der Waals surface area contributed by atoms with Crippen molar-refractivity contribution < 1.29 is 8.42 Å². The van der Waals surface area contributed by atoms with E-state index in [-0.39, 0.29) is 11.8 Å². The van der Waals surface area contributed by atoms with Crippen LogP contribution in [0.5, 0.6) is 0 Å². The molecule has 0 saturated heterocycles. The van der Waals surface area contributed by atoms with Crippen molar-refractivity contribution in [3.05, 3.63) is 29.0 Å². The molecule has 0 unspecified atom stereocenters. The minimum atomic E-state index is -3.16. The Labute approximate surface area is 135 Å². The van der Waals surface area contributed by atoms with E-state index in [1.807, 2.05) is 31.0 Å². The number of nitrogens with one attached hydrogen (secondary N) is 2. The van der Waals surface area contributed by atoms with Gasteiger partial charge in [0.1, 0.15) is 5.82 Å². The summed E-state index contributed by atoms with van der Waals surface area (Å²) in [6.45, 7) is 4.56. The monoisotopic (exact) mass is 344 g/mol. The quantitative estimate of drug-likeness (QED) is 0.805. The first-order chi connectivity index (χ1) is 10.3. The molecule has 0 bridgehead atoms. The van der Waals surface area contributed by atoms with Crippen LogP contribution in [0.1, 0.15) is 19.7 Å². The predicted octanol–water partition coefficient (Wildman–Crippen LogP) is 1.98. The fraction of sp³-hybridized carbons (Fsp3) is 0.500. The molecule has 122 valence electrons. The fourth-order valence-corrected chi connectivity index (χ4v) is 2.88. The molecular formula is C14H21ClN4O2S. The van der Waals surface area contributed by atoms with E-state index < -0.39 is 10.0 Å². The summed E-state index contributed by atoms with van der Waals surface area (Å²) in [5.74, 6) is 0.915. The molecule has 8 heteroatoms. The van der Waals surface area contributed by atoms with Crippen LogP contribution < -0.4 is 4.72 Å². The average Bonchev–Trinajstić information content (AvgIpc) is 2.86. The SMILES string of the molecule is CCS(=O)(=O)NC[C@@H](C)N(C)Cc1nc2ccc(Cl)cc2[nH]1. The van der Waals surface area contributed by atoms with E-state index in [9.17, 15) is 8.42 Å². The van der Waals surface area contributed by atoms with Crippen molar-refractivity contribution in [2.45, 2.75) is 26.4 Å². The molecule has 2 rings (SSSR count). The van der Waals surface area contributed by atoms with Crippen LogP contribution in [-0.2, 0) is 16.6 Å².